The highest BCUT2D eigenvalue weighted by molar-refractivity contribution is 5.99. The number of hydrogen-bond donors (Lipinski definition) is 2. The number of methoxy groups -OCH3 is 1. The first kappa shape index (κ1) is 30.0. The van der Waals surface area contributed by atoms with Crippen LogP contribution in [0.2, 0.25) is 0 Å². The van der Waals surface area contributed by atoms with Gasteiger partial charge in [-0.15, -0.1) is 0 Å². The number of anilines is 1. The predicted molar refractivity (Wildman–Crippen MR) is 153 cm³/mol. The molecule has 0 radical (unpaired) electrons. The van der Waals surface area contributed by atoms with Crippen molar-refractivity contribution in [2.75, 3.05) is 12.4 Å². The van der Waals surface area contributed by atoms with Gasteiger partial charge in [0.15, 0.2) is 0 Å². The summed E-state index contributed by atoms with van der Waals surface area (Å²) in [7, 11) is 1.59. The zero-order chi connectivity index (χ0) is 28.9. The number of ether oxygens (including phenoxy) is 2. The number of amides is 3. The monoisotopic (exact) mass is 537 g/mol. The van der Waals surface area contributed by atoms with Gasteiger partial charge >= 0.3 is 6.09 Å². The quantitative estimate of drug-likeness (QED) is 0.392. The molecular weight excluding hydrogens is 494 g/mol. The second-order valence-electron chi connectivity index (χ2n) is 11.4. The lowest BCUT2D eigenvalue weighted by Crippen LogP contribution is -2.55. The number of nitrogens with zero attached hydrogens (tertiary/aromatic N) is 1. The third kappa shape index (κ3) is 7.74. The Hall–Kier alpha value is -3.55. The molecule has 1 saturated carbocycles. The van der Waals surface area contributed by atoms with E-state index in [1.165, 1.54) is 0 Å². The summed E-state index contributed by atoms with van der Waals surface area (Å²) < 4.78 is 10.7. The smallest absolute Gasteiger partial charge is 0.408 e. The molecule has 0 aliphatic heterocycles. The van der Waals surface area contributed by atoms with Gasteiger partial charge in [0.05, 0.1) is 7.11 Å². The molecule has 8 heteroatoms. The van der Waals surface area contributed by atoms with Gasteiger partial charge in [-0.3, -0.25) is 9.59 Å². The molecule has 1 fully saturated rings. The van der Waals surface area contributed by atoms with Gasteiger partial charge in [0.1, 0.15) is 23.4 Å². The van der Waals surface area contributed by atoms with Crippen LogP contribution in [0.15, 0.2) is 42.5 Å². The molecule has 0 saturated heterocycles. The summed E-state index contributed by atoms with van der Waals surface area (Å²) in [5.74, 6) is -0.0866. The first-order valence-electron chi connectivity index (χ1n) is 13.7. The molecule has 0 bridgehead atoms. The standard InChI is InChI=1S/C31H43N3O5/c1-9-19(2)26(33-30(37)39-31(5,6)7)29(36)34(23-15-16-23)27(25-12-10-11-20(3)21(25)4)28(35)32-22-13-17-24(38-8)18-14-22/h10-14,17-19,23,26-27H,9,15-16H2,1-8H3,(H,32,35)(H,33,37). The van der Waals surface area contributed by atoms with E-state index in [0.29, 0.717) is 17.9 Å². The number of hydrogen-bond acceptors (Lipinski definition) is 5. The molecular formula is C31H43N3O5. The highest BCUT2D eigenvalue weighted by atomic mass is 16.6. The number of benzene rings is 2. The van der Waals surface area contributed by atoms with E-state index < -0.39 is 23.8 Å². The van der Waals surface area contributed by atoms with E-state index in [4.69, 9.17) is 9.47 Å². The van der Waals surface area contributed by atoms with Crippen LogP contribution < -0.4 is 15.4 Å². The number of carbonyl (C=O) groups is 3. The molecule has 3 atom stereocenters. The molecule has 2 N–H and O–H groups in total. The van der Waals surface area contributed by atoms with E-state index in [1.807, 2.05) is 45.9 Å². The fourth-order valence-corrected chi connectivity index (χ4v) is 4.52. The van der Waals surface area contributed by atoms with Gasteiger partial charge in [-0.2, -0.15) is 0 Å². The summed E-state index contributed by atoms with van der Waals surface area (Å²) in [6.45, 7) is 13.2. The SMILES string of the molecule is CCC(C)C(NC(=O)OC(C)(C)C)C(=O)N(C1CC1)C(C(=O)Nc1ccc(OC)cc1)c1cccc(C)c1C. The summed E-state index contributed by atoms with van der Waals surface area (Å²) in [5.41, 5.74) is 2.64. The largest absolute Gasteiger partial charge is 0.497 e. The second-order valence-corrected chi connectivity index (χ2v) is 11.4. The van der Waals surface area contributed by atoms with Crippen molar-refractivity contribution in [2.45, 2.75) is 91.5 Å². The Labute approximate surface area is 232 Å². The maximum atomic E-state index is 14.3. The molecule has 0 spiro atoms. The maximum Gasteiger partial charge on any atom is 0.408 e. The van der Waals surface area contributed by atoms with E-state index in [2.05, 4.69) is 10.6 Å². The Balaban J connectivity index is 2.03. The van der Waals surface area contributed by atoms with Crippen molar-refractivity contribution >= 4 is 23.6 Å². The zero-order valence-electron chi connectivity index (χ0n) is 24.5. The molecule has 0 aromatic heterocycles. The maximum absolute atomic E-state index is 14.3. The van der Waals surface area contributed by atoms with Crippen LogP contribution in [0.5, 0.6) is 5.75 Å². The lowest BCUT2D eigenvalue weighted by molar-refractivity contribution is -0.142. The summed E-state index contributed by atoms with van der Waals surface area (Å²) >= 11 is 0. The molecule has 2 aromatic rings. The van der Waals surface area contributed by atoms with Gasteiger partial charge in [0, 0.05) is 11.7 Å². The van der Waals surface area contributed by atoms with E-state index in [9.17, 15) is 14.4 Å². The molecule has 8 nitrogen and oxygen atoms in total. The number of alkyl carbamates (subject to hydrolysis) is 1. The Morgan fingerprint density at radius 2 is 1.69 bits per heavy atom. The first-order valence-corrected chi connectivity index (χ1v) is 13.7. The van der Waals surface area contributed by atoms with Crippen LogP contribution >= 0.6 is 0 Å². The molecule has 3 unspecified atom stereocenters. The minimum Gasteiger partial charge on any atom is -0.497 e. The third-order valence-electron chi connectivity index (χ3n) is 7.17. The second kappa shape index (κ2) is 12.5. The summed E-state index contributed by atoms with van der Waals surface area (Å²) in [4.78, 5) is 42.8. The van der Waals surface area contributed by atoms with Crippen molar-refractivity contribution in [1.82, 2.24) is 10.2 Å². The zero-order valence-corrected chi connectivity index (χ0v) is 24.5. The predicted octanol–water partition coefficient (Wildman–Crippen LogP) is 5.92. The van der Waals surface area contributed by atoms with Crippen LogP contribution in [0.1, 0.15) is 76.6 Å². The topological polar surface area (TPSA) is 97.0 Å². The lowest BCUT2D eigenvalue weighted by atomic mass is 9.92. The molecule has 39 heavy (non-hydrogen) atoms. The van der Waals surface area contributed by atoms with E-state index in [-0.39, 0.29) is 23.8 Å². The Bertz CT molecular complexity index is 1170. The average Bonchev–Trinajstić information content (AvgIpc) is 3.71. The van der Waals surface area contributed by atoms with Gasteiger partial charge in [-0.05, 0) is 94.3 Å². The summed E-state index contributed by atoms with van der Waals surface area (Å²) in [5, 5.41) is 5.83. The Morgan fingerprint density at radius 1 is 1.05 bits per heavy atom. The van der Waals surface area contributed by atoms with Crippen molar-refractivity contribution < 1.29 is 23.9 Å². The normalized spacial score (nSPS) is 15.5. The van der Waals surface area contributed by atoms with Gasteiger partial charge < -0.3 is 25.0 Å². The van der Waals surface area contributed by atoms with Crippen molar-refractivity contribution in [2.24, 2.45) is 5.92 Å². The van der Waals surface area contributed by atoms with Gasteiger partial charge in [0.2, 0.25) is 5.91 Å². The molecule has 3 amide bonds. The number of aryl methyl sites for hydroxylation is 1. The highest BCUT2D eigenvalue weighted by Crippen LogP contribution is 2.38. The molecule has 0 heterocycles. The van der Waals surface area contributed by atoms with Crippen LogP contribution in [0.3, 0.4) is 0 Å². The lowest BCUT2D eigenvalue weighted by Gasteiger charge is -2.37. The average molecular weight is 538 g/mol. The van der Waals surface area contributed by atoms with E-state index >= 15 is 0 Å². The Morgan fingerprint density at radius 3 is 2.23 bits per heavy atom. The van der Waals surface area contributed by atoms with Crippen LogP contribution in [0.25, 0.3) is 0 Å². The van der Waals surface area contributed by atoms with Gasteiger partial charge in [0.25, 0.3) is 5.91 Å². The van der Waals surface area contributed by atoms with Crippen molar-refractivity contribution in [3.63, 3.8) is 0 Å². The van der Waals surface area contributed by atoms with E-state index in [0.717, 1.165) is 29.5 Å². The molecule has 2 aromatic carbocycles. The highest BCUT2D eigenvalue weighted by Gasteiger charge is 2.45. The van der Waals surface area contributed by atoms with Crippen molar-refractivity contribution in [3.8, 4) is 5.75 Å². The van der Waals surface area contributed by atoms with Crippen molar-refractivity contribution in [3.05, 3.63) is 59.2 Å². The molecule has 1 aliphatic rings. The van der Waals surface area contributed by atoms with Crippen LogP contribution in [0.4, 0.5) is 10.5 Å². The van der Waals surface area contributed by atoms with Gasteiger partial charge in [-0.25, -0.2) is 4.79 Å². The number of rotatable bonds is 10. The fraction of sp³-hybridized carbons (Fsp3) is 0.516. The fourth-order valence-electron chi connectivity index (χ4n) is 4.52. The third-order valence-corrected chi connectivity index (χ3v) is 7.17. The Kier molecular flexibility index (Phi) is 9.64. The van der Waals surface area contributed by atoms with Crippen LogP contribution in [0, 0.1) is 19.8 Å². The van der Waals surface area contributed by atoms with Crippen molar-refractivity contribution in [1.29, 1.82) is 0 Å². The molecule has 212 valence electrons. The number of nitrogens with one attached hydrogen (secondary N) is 2. The van der Waals surface area contributed by atoms with Crippen LogP contribution in [-0.2, 0) is 14.3 Å². The summed E-state index contributed by atoms with van der Waals surface area (Å²) in [6, 6.07) is 11.1. The number of carbonyl (C=O) groups excluding carboxylic acids is 3. The molecule has 3 rings (SSSR count). The molecule has 1 aliphatic carbocycles. The van der Waals surface area contributed by atoms with Gasteiger partial charge in [-0.1, -0.05) is 38.5 Å². The first-order chi connectivity index (χ1) is 18.4. The minimum atomic E-state index is -0.876. The van der Waals surface area contributed by atoms with E-state index in [1.54, 1.807) is 57.0 Å². The summed E-state index contributed by atoms with van der Waals surface area (Å²) in [6.07, 6.45) is 1.60. The van der Waals surface area contributed by atoms with Crippen LogP contribution in [-0.4, -0.2) is 47.6 Å². The minimum absolute atomic E-state index is 0.101.